The van der Waals surface area contributed by atoms with Crippen molar-refractivity contribution in [2.75, 3.05) is 37.6 Å². The average molecular weight is 402 g/mol. The molecule has 1 amide bonds. The lowest BCUT2D eigenvalue weighted by molar-refractivity contribution is 0.0746. The zero-order valence-corrected chi connectivity index (χ0v) is 17.2. The molecule has 0 radical (unpaired) electrons. The van der Waals surface area contributed by atoms with E-state index in [4.69, 9.17) is 0 Å². The Balaban J connectivity index is 1.69. The van der Waals surface area contributed by atoms with E-state index in [9.17, 15) is 13.2 Å². The first-order valence-electron chi connectivity index (χ1n) is 9.62. The summed E-state index contributed by atoms with van der Waals surface area (Å²) in [7, 11) is -3.59. The highest BCUT2D eigenvalue weighted by atomic mass is 32.2. The summed E-state index contributed by atoms with van der Waals surface area (Å²) in [4.78, 5) is 17.1. The lowest BCUT2D eigenvalue weighted by Gasteiger charge is -2.36. The Bertz CT molecular complexity index is 935. The Morgan fingerprint density at radius 1 is 1.04 bits per heavy atom. The van der Waals surface area contributed by atoms with E-state index < -0.39 is 10.0 Å². The molecule has 6 nitrogen and oxygen atoms in total. The monoisotopic (exact) mass is 401 g/mol. The molecule has 1 N–H and O–H groups in total. The number of nitrogens with zero attached hydrogens (tertiary/aromatic N) is 2. The van der Waals surface area contributed by atoms with E-state index in [0.717, 1.165) is 13.1 Å². The normalized spacial score (nSPS) is 14.9. The zero-order valence-electron chi connectivity index (χ0n) is 16.4. The first kappa shape index (κ1) is 20.4. The molecular formula is C21H27N3O3S. The predicted octanol–water partition coefficient (Wildman–Crippen LogP) is 2.65. The van der Waals surface area contributed by atoms with Crippen LogP contribution in [-0.2, 0) is 10.0 Å². The molecule has 3 rings (SSSR count). The smallest absolute Gasteiger partial charge is 0.254 e. The van der Waals surface area contributed by atoms with Crippen LogP contribution in [0.5, 0.6) is 0 Å². The first-order valence-corrected chi connectivity index (χ1v) is 11.1. The van der Waals surface area contributed by atoms with Crippen LogP contribution in [0.2, 0.25) is 0 Å². The molecule has 0 saturated carbocycles. The molecule has 1 heterocycles. The quantitative estimate of drug-likeness (QED) is 0.808. The van der Waals surface area contributed by atoms with Crippen LogP contribution in [0.25, 0.3) is 0 Å². The number of nitrogens with one attached hydrogen (secondary N) is 1. The number of piperazine rings is 1. The van der Waals surface area contributed by atoms with E-state index in [2.05, 4.69) is 28.7 Å². The minimum atomic E-state index is -3.59. The van der Waals surface area contributed by atoms with Crippen molar-refractivity contribution in [3.05, 3.63) is 59.7 Å². The minimum Gasteiger partial charge on any atom is -0.368 e. The molecule has 1 saturated heterocycles. The van der Waals surface area contributed by atoms with Gasteiger partial charge in [-0.3, -0.25) is 4.79 Å². The molecule has 2 aromatic rings. The lowest BCUT2D eigenvalue weighted by Crippen LogP contribution is -2.49. The number of hydrogen-bond acceptors (Lipinski definition) is 4. The fourth-order valence-electron chi connectivity index (χ4n) is 3.37. The summed E-state index contributed by atoms with van der Waals surface area (Å²) in [5.74, 6) is -0.128. The van der Waals surface area contributed by atoms with Crippen LogP contribution >= 0.6 is 0 Å². The number of hydrogen-bond donors (Lipinski definition) is 1. The Labute approximate surface area is 167 Å². The van der Waals surface area contributed by atoms with E-state index in [1.54, 1.807) is 17.0 Å². The summed E-state index contributed by atoms with van der Waals surface area (Å²) in [6.45, 7) is 7.10. The van der Waals surface area contributed by atoms with Gasteiger partial charge in [-0.1, -0.05) is 31.2 Å². The Morgan fingerprint density at radius 2 is 1.75 bits per heavy atom. The molecule has 0 aliphatic carbocycles. The van der Waals surface area contributed by atoms with E-state index in [1.807, 2.05) is 19.1 Å². The summed E-state index contributed by atoms with van der Waals surface area (Å²) in [5.41, 5.74) is 2.83. The maximum Gasteiger partial charge on any atom is 0.254 e. The Hall–Kier alpha value is -2.38. The van der Waals surface area contributed by atoms with Gasteiger partial charge in [-0.2, -0.15) is 0 Å². The number of rotatable bonds is 6. The van der Waals surface area contributed by atoms with Crippen molar-refractivity contribution < 1.29 is 13.2 Å². The topological polar surface area (TPSA) is 69.7 Å². The van der Waals surface area contributed by atoms with Crippen molar-refractivity contribution in [3.8, 4) is 0 Å². The van der Waals surface area contributed by atoms with Gasteiger partial charge in [-0.05, 0) is 43.2 Å². The number of anilines is 1. The molecule has 0 atom stereocenters. The van der Waals surface area contributed by atoms with Gasteiger partial charge in [0, 0.05) is 44.0 Å². The first-order chi connectivity index (χ1) is 13.4. The molecule has 0 unspecified atom stereocenters. The standard InChI is InChI=1S/C21H27N3O3S/c1-3-11-22-28(26,27)19-9-6-8-18(16-19)21(25)24-14-12-23(13-15-24)20-10-5-4-7-17(20)2/h4-10,16,22H,3,11-15H2,1-2H3. The minimum absolute atomic E-state index is 0.128. The Kier molecular flexibility index (Phi) is 6.36. The lowest BCUT2D eigenvalue weighted by atomic mass is 10.1. The highest BCUT2D eigenvalue weighted by Gasteiger charge is 2.24. The number of carbonyl (C=O) groups is 1. The van der Waals surface area contributed by atoms with E-state index in [-0.39, 0.29) is 10.8 Å². The van der Waals surface area contributed by atoms with Crippen LogP contribution in [0.1, 0.15) is 29.3 Å². The number of aryl methyl sites for hydroxylation is 1. The molecule has 7 heteroatoms. The number of carbonyl (C=O) groups excluding carboxylic acids is 1. The molecule has 2 aromatic carbocycles. The zero-order chi connectivity index (χ0) is 20.1. The van der Waals surface area contributed by atoms with Crippen LogP contribution < -0.4 is 9.62 Å². The summed E-state index contributed by atoms with van der Waals surface area (Å²) < 4.78 is 27.2. The highest BCUT2D eigenvalue weighted by molar-refractivity contribution is 7.89. The maximum absolute atomic E-state index is 12.9. The predicted molar refractivity (Wildman–Crippen MR) is 111 cm³/mol. The van der Waals surface area contributed by atoms with Crippen LogP contribution in [0.15, 0.2) is 53.4 Å². The summed E-state index contributed by atoms with van der Waals surface area (Å²) in [6, 6.07) is 14.5. The fourth-order valence-corrected chi connectivity index (χ4v) is 4.55. The summed E-state index contributed by atoms with van der Waals surface area (Å²) >= 11 is 0. The van der Waals surface area contributed by atoms with Gasteiger partial charge < -0.3 is 9.80 Å². The number of para-hydroxylation sites is 1. The van der Waals surface area contributed by atoms with Gasteiger partial charge in [0.15, 0.2) is 0 Å². The summed E-state index contributed by atoms with van der Waals surface area (Å²) in [5, 5.41) is 0. The fraction of sp³-hybridized carbons (Fsp3) is 0.381. The molecule has 28 heavy (non-hydrogen) atoms. The largest absolute Gasteiger partial charge is 0.368 e. The van der Waals surface area contributed by atoms with E-state index in [1.165, 1.54) is 23.4 Å². The molecule has 1 fully saturated rings. The van der Waals surface area contributed by atoms with Gasteiger partial charge in [0.1, 0.15) is 0 Å². The summed E-state index contributed by atoms with van der Waals surface area (Å²) in [6.07, 6.45) is 0.711. The molecule has 150 valence electrons. The van der Waals surface area contributed by atoms with Crippen molar-refractivity contribution in [1.82, 2.24) is 9.62 Å². The highest BCUT2D eigenvalue weighted by Crippen LogP contribution is 2.21. The van der Waals surface area contributed by atoms with Crippen molar-refractivity contribution in [2.24, 2.45) is 0 Å². The van der Waals surface area contributed by atoms with Gasteiger partial charge in [0.05, 0.1) is 4.90 Å². The van der Waals surface area contributed by atoms with Gasteiger partial charge in [0.25, 0.3) is 5.91 Å². The maximum atomic E-state index is 12.9. The van der Waals surface area contributed by atoms with Gasteiger partial charge in [-0.25, -0.2) is 13.1 Å². The third-order valence-electron chi connectivity index (χ3n) is 4.96. The third-order valence-corrected chi connectivity index (χ3v) is 6.42. The molecule has 0 aromatic heterocycles. The van der Waals surface area contributed by atoms with Gasteiger partial charge in [0.2, 0.25) is 10.0 Å². The molecular weight excluding hydrogens is 374 g/mol. The number of amides is 1. The van der Waals surface area contributed by atoms with Crippen LogP contribution in [0.4, 0.5) is 5.69 Å². The second-order valence-corrected chi connectivity index (χ2v) is 8.76. The van der Waals surface area contributed by atoms with Crippen LogP contribution in [0, 0.1) is 6.92 Å². The molecule has 1 aliphatic rings. The van der Waals surface area contributed by atoms with Crippen LogP contribution in [-0.4, -0.2) is 51.9 Å². The third kappa shape index (κ3) is 4.54. The van der Waals surface area contributed by atoms with Crippen molar-refractivity contribution >= 4 is 21.6 Å². The molecule has 0 spiro atoms. The van der Waals surface area contributed by atoms with E-state index in [0.29, 0.717) is 31.6 Å². The van der Waals surface area contributed by atoms with Crippen LogP contribution in [0.3, 0.4) is 0 Å². The SMILES string of the molecule is CCCNS(=O)(=O)c1cccc(C(=O)N2CCN(c3ccccc3C)CC2)c1. The Morgan fingerprint density at radius 3 is 2.43 bits per heavy atom. The average Bonchev–Trinajstić information content (AvgIpc) is 2.72. The van der Waals surface area contributed by atoms with E-state index >= 15 is 0 Å². The van der Waals surface area contributed by atoms with Crippen molar-refractivity contribution in [2.45, 2.75) is 25.2 Å². The van der Waals surface area contributed by atoms with Crippen molar-refractivity contribution in [3.63, 3.8) is 0 Å². The van der Waals surface area contributed by atoms with Gasteiger partial charge in [-0.15, -0.1) is 0 Å². The molecule has 0 bridgehead atoms. The van der Waals surface area contributed by atoms with Gasteiger partial charge >= 0.3 is 0 Å². The second kappa shape index (κ2) is 8.75. The molecule has 1 aliphatic heterocycles. The number of benzene rings is 2. The second-order valence-electron chi connectivity index (χ2n) is 6.99. The van der Waals surface area contributed by atoms with Crippen molar-refractivity contribution in [1.29, 1.82) is 0 Å². The number of sulfonamides is 1.